The van der Waals surface area contributed by atoms with Crippen molar-refractivity contribution in [3.63, 3.8) is 0 Å². The quantitative estimate of drug-likeness (QED) is 0.762. The number of aromatic nitrogens is 1. The van der Waals surface area contributed by atoms with Gasteiger partial charge in [-0.2, -0.15) is 0 Å². The SMILES string of the molecule is c1ccc(-c2nccs2)c(OCCOC2CCCCO2)c1. The smallest absolute Gasteiger partial charge is 0.157 e. The fraction of sp³-hybridized carbons (Fsp3) is 0.438. The zero-order chi connectivity index (χ0) is 14.3. The summed E-state index contributed by atoms with van der Waals surface area (Å²) < 4.78 is 17.0. The molecule has 112 valence electrons. The van der Waals surface area contributed by atoms with Crippen LogP contribution in [0.2, 0.25) is 0 Å². The van der Waals surface area contributed by atoms with Gasteiger partial charge in [0.25, 0.3) is 0 Å². The molecule has 0 spiro atoms. The maximum Gasteiger partial charge on any atom is 0.157 e. The monoisotopic (exact) mass is 305 g/mol. The van der Waals surface area contributed by atoms with Gasteiger partial charge in [-0.05, 0) is 31.4 Å². The van der Waals surface area contributed by atoms with Crippen LogP contribution < -0.4 is 4.74 Å². The maximum absolute atomic E-state index is 5.84. The molecule has 0 radical (unpaired) electrons. The summed E-state index contributed by atoms with van der Waals surface area (Å²) in [5.74, 6) is 0.848. The molecule has 0 N–H and O–H groups in total. The third-order valence-electron chi connectivity index (χ3n) is 3.33. The minimum Gasteiger partial charge on any atom is -0.490 e. The van der Waals surface area contributed by atoms with Crippen molar-refractivity contribution < 1.29 is 14.2 Å². The van der Waals surface area contributed by atoms with Crippen molar-refractivity contribution in [3.05, 3.63) is 35.8 Å². The second kappa shape index (κ2) is 7.54. The van der Waals surface area contributed by atoms with Gasteiger partial charge < -0.3 is 14.2 Å². The molecule has 21 heavy (non-hydrogen) atoms. The highest BCUT2D eigenvalue weighted by Crippen LogP contribution is 2.31. The van der Waals surface area contributed by atoms with E-state index in [0.29, 0.717) is 13.2 Å². The number of para-hydroxylation sites is 1. The largest absolute Gasteiger partial charge is 0.490 e. The molecule has 0 saturated carbocycles. The predicted molar refractivity (Wildman–Crippen MR) is 82.6 cm³/mol. The Labute approximate surface area is 128 Å². The Morgan fingerprint density at radius 1 is 1.24 bits per heavy atom. The highest BCUT2D eigenvalue weighted by Gasteiger charge is 2.14. The Hall–Kier alpha value is -1.43. The molecule has 1 aromatic carbocycles. The molecule has 1 saturated heterocycles. The van der Waals surface area contributed by atoms with E-state index in [1.165, 1.54) is 6.42 Å². The topological polar surface area (TPSA) is 40.6 Å². The lowest BCUT2D eigenvalue weighted by Crippen LogP contribution is -2.24. The van der Waals surface area contributed by atoms with E-state index in [1.54, 1.807) is 17.5 Å². The number of nitrogens with zero attached hydrogens (tertiary/aromatic N) is 1. The van der Waals surface area contributed by atoms with E-state index < -0.39 is 0 Å². The molecule has 2 aromatic rings. The summed E-state index contributed by atoms with van der Waals surface area (Å²) in [4.78, 5) is 4.34. The minimum atomic E-state index is -0.0587. The summed E-state index contributed by atoms with van der Waals surface area (Å²) in [7, 11) is 0. The van der Waals surface area contributed by atoms with Gasteiger partial charge in [-0.25, -0.2) is 4.98 Å². The van der Waals surface area contributed by atoms with Gasteiger partial charge in [0.05, 0.1) is 12.2 Å². The second-order valence-corrected chi connectivity index (χ2v) is 5.74. The average Bonchev–Trinajstić information content (AvgIpc) is 3.07. The second-order valence-electron chi connectivity index (χ2n) is 4.85. The van der Waals surface area contributed by atoms with Crippen molar-refractivity contribution >= 4 is 11.3 Å². The molecule has 0 bridgehead atoms. The number of ether oxygens (including phenoxy) is 3. The van der Waals surface area contributed by atoms with Gasteiger partial charge in [0.1, 0.15) is 17.4 Å². The Kier molecular flexibility index (Phi) is 5.21. The molecule has 0 aliphatic carbocycles. The standard InChI is InChI=1S/C16H19NO3S/c1-2-6-14(13(5-1)16-17-8-12-21-16)18-10-11-20-15-7-3-4-9-19-15/h1-2,5-6,8,12,15H,3-4,7,9-11H2. The van der Waals surface area contributed by atoms with Gasteiger partial charge in [0.15, 0.2) is 6.29 Å². The van der Waals surface area contributed by atoms with Gasteiger partial charge in [0, 0.05) is 18.2 Å². The van der Waals surface area contributed by atoms with E-state index in [-0.39, 0.29) is 6.29 Å². The van der Waals surface area contributed by atoms with Crippen molar-refractivity contribution in [1.82, 2.24) is 4.98 Å². The molecular weight excluding hydrogens is 286 g/mol. The fourth-order valence-corrected chi connectivity index (χ4v) is 2.97. The summed E-state index contributed by atoms with van der Waals surface area (Å²) in [5, 5.41) is 2.94. The van der Waals surface area contributed by atoms with E-state index in [4.69, 9.17) is 14.2 Å². The molecule has 1 aliphatic heterocycles. The first-order valence-corrected chi connectivity index (χ1v) is 8.16. The number of hydrogen-bond acceptors (Lipinski definition) is 5. The van der Waals surface area contributed by atoms with Crippen molar-refractivity contribution in [2.45, 2.75) is 25.6 Å². The van der Waals surface area contributed by atoms with Crippen LogP contribution in [0.5, 0.6) is 5.75 Å². The van der Waals surface area contributed by atoms with Crippen LogP contribution in [-0.2, 0) is 9.47 Å². The Bertz CT molecular complexity index is 538. The van der Waals surface area contributed by atoms with Crippen molar-refractivity contribution in [3.8, 4) is 16.3 Å². The molecule has 3 rings (SSSR count). The summed E-state index contributed by atoms with van der Waals surface area (Å²) >= 11 is 1.61. The van der Waals surface area contributed by atoms with Gasteiger partial charge in [-0.15, -0.1) is 11.3 Å². The number of rotatable bonds is 6. The molecule has 5 heteroatoms. The molecule has 1 atom stereocenters. The zero-order valence-electron chi connectivity index (χ0n) is 11.9. The Morgan fingerprint density at radius 2 is 2.19 bits per heavy atom. The molecular formula is C16H19NO3S. The van der Waals surface area contributed by atoms with E-state index in [2.05, 4.69) is 4.98 Å². The summed E-state index contributed by atoms with van der Waals surface area (Å²) in [6.45, 7) is 1.86. The molecule has 2 heterocycles. The first kappa shape index (κ1) is 14.5. The first-order chi connectivity index (χ1) is 10.4. The number of hydrogen-bond donors (Lipinski definition) is 0. The molecule has 1 fully saturated rings. The predicted octanol–water partition coefficient (Wildman–Crippen LogP) is 3.73. The van der Waals surface area contributed by atoms with Gasteiger partial charge in [-0.3, -0.25) is 0 Å². The fourth-order valence-electron chi connectivity index (χ4n) is 2.30. The zero-order valence-corrected chi connectivity index (χ0v) is 12.7. The highest BCUT2D eigenvalue weighted by molar-refractivity contribution is 7.13. The lowest BCUT2D eigenvalue weighted by molar-refractivity contribution is -0.165. The number of benzene rings is 1. The van der Waals surface area contributed by atoms with Crippen LogP contribution in [0.1, 0.15) is 19.3 Å². The Morgan fingerprint density at radius 3 is 3.00 bits per heavy atom. The highest BCUT2D eigenvalue weighted by atomic mass is 32.1. The molecule has 1 unspecified atom stereocenters. The lowest BCUT2D eigenvalue weighted by atomic mass is 10.2. The van der Waals surface area contributed by atoms with Crippen LogP contribution in [0.4, 0.5) is 0 Å². The van der Waals surface area contributed by atoms with Crippen LogP contribution in [0.25, 0.3) is 10.6 Å². The van der Waals surface area contributed by atoms with E-state index in [9.17, 15) is 0 Å². The Balaban J connectivity index is 1.51. The van der Waals surface area contributed by atoms with E-state index in [0.717, 1.165) is 35.8 Å². The molecule has 4 nitrogen and oxygen atoms in total. The van der Waals surface area contributed by atoms with E-state index >= 15 is 0 Å². The molecule has 0 amide bonds. The maximum atomic E-state index is 5.84. The summed E-state index contributed by atoms with van der Waals surface area (Å²) in [6.07, 6.45) is 5.04. The molecule has 1 aromatic heterocycles. The summed E-state index contributed by atoms with van der Waals surface area (Å²) in [5.41, 5.74) is 1.03. The van der Waals surface area contributed by atoms with Crippen LogP contribution in [-0.4, -0.2) is 31.1 Å². The van der Waals surface area contributed by atoms with Gasteiger partial charge in [-0.1, -0.05) is 12.1 Å². The average molecular weight is 305 g/mol. The van der Waals surface area contributed by atoms with Crippen LogP contribution in [0, 0.1) is 0 Å². The van der Waals surface area contributed by atoms with Crippen LogP contribution in [0.15, 0.2) is 35.8 Å². The summed E-state index contributed by atoms with van der Waals surface area (Å²) in [6, 6.07) is 7.96. The van der Waals surface area contributed by atoms with Crippen molar-refractivity contribution in [2.75, 3.05) is 19.8 Å². The van der Waals surface area contributed by atoms with Crippen molar-refractivity contribution in [2.24, 2.45) is 0 Å². The minimum absolute atomic E-state index is 0.0587. The normalized spacial score (nSPS) is 18.6. The lowest BCUT2D eigenvalue weighted by Gasteiger charge is -2.22. The third-order valence-corrected chi connectivity index (χ3v) is 4.14. The first-order valence-electron chi connectivity index (χ1n) is 7.28. The van der Waals surface area contributed by atoms with Crippen molar-refractivity contribution in [1.29, 1.82) is 0 Å². The molecule has 1 aliphatic rings. The van der Waals surface area contributed by atoms with Crippen LogP contribution in [0.3, 0.4) is 0 Å². The van der Waals surface area contributed by atoms with Gasteiger partial charge >= 0.3 is 0 Å². The third kappa shape index (κ3) is 4.03. The number of thiazole rings is 1. The van der Waals surface area contributed by atoms with Crippen LogP contribution >= 0.6 is 11.3 Å². The van der Waals surface area contributed by atoms with E-state index in [1.807, 2.05) is 29.6 Å². The van der Waals surface area contributed by atoms with Gasteiger partial charge in [0.2, 0.25) is 0 Å².